The van der Waals surface area contributed by atoms with Crippen LogP contribution in [-0.4, -0.2) is 0 Å². The van der Waals surface area contributed by atoms with E-state index in [-0.39, 0.29) is 10.2 Å². The maximum absolute atomic E-state index is 12.9. The van der Waals surface area contributed by atoms with Crippen molar-refractivity contribution in [3.05, 3.63) is 56.5 Å². The summed E-state index contributed by atoms with van der Waals surface area (Å²) in [7, 11) is 0. The molecule has 2 aromatic rings. The normalized spacial score (nSPS) is 11.0. The van der Waals surface area contributed by atoms with E-state index in [9.17, 15) is 13.2 Å². The van der Waals surface area contributed by atoms with E-state index in [2.05, 4.69) is 37.2 Å². The quantitative estimate of drug-likeness (QED) is 0.663. The van der Waals surface area contributed by atoms with Gasteiger partial charge in [-0.3, -0.25) is 0 Å². The highest BCUT2D eigenvalue weighted by atomic mass is 79.9. The van der Waals surface area contributed by atoms with Gasteiger partial charge in [-0.25, -0.2) is 0 Å². The summed E-state index contributed by atoms with van der Waals surface area (Å²) in [6.07, 6.45) is -4.45. The van der Waals surface area contributed by atoms with Gasteiger partial charge < -0.3 is 5.32 Å². The molecule has 0 aliphatic heterocycles. The lowest BCUT2D eigenvalue weighted by Crippen LogP contribution is -2.06. The van der Waals surface area contributed by atoms with Crippen LogP contribution < -0.4 is 5.32 Å². The predicted molar refractivity (Wildman–Crippen MR) is 81.3 cm³/mol. The van der Waals surface area contributed by atoms with E-state index in [1.165, 1.54) is 12.1 Å². The van der Waals surface area contributed by atoms with Crippen LogP contribution in [-0.2, 0) is 6.18 Å². The van der Waals surface area contributed by atoms with E-state index in [0.29, 0.717) is 11.3 Å². The van der Waals surface area contributed by atoms with Crippen LogP contribution in [0.5, 0.6) is 0 Å². The molecule has 0 unspecified atom stereocenters. The lowest BCUT2D eigenvalue weighted by molar-refractivity contribution is -0.138. The fraction of sp³-hybridized carbons (Fsp3) is 0.0714. The zero-order valence-corrected chi connectivity index (χ0v) is 13.5. The van der Waals surface area contributed by atoms with Gasteiger partial charge >= 0.3 is 6.18 Å². The average molecular weight is 420 g/mol. The molecule has 2 aromatic carbocycles. The van der Waals surface area contributed by atoms with E-state index in [1.54, 1.807) is 18.2 Å². The molecule has 0 fully saturated rings. The fourth-order valence-corrected chi connectivity index (χ4v) is 2.53. The van der Waals surface area contributed by atoms with Gasteiger partial charge in [-0.2, -0.15) is 18.4 Å². The summed E-state index contributed by atoms with van der Waals surface area (Å²) in [5.74, 6) is 0. The third-order valence-corrected chi connectivity index (χ3v) is 3.84. The molecule has 0 spiro atoms. The molecule has 0 atom stereocenters. The minimum absolute atomic E-state index is 0.0321. The number of benzene rings is 2. The van der Waals surface area contributed by atoms with Gasteiger partial charge in [0.25, 0.3) is 0 Å². The molecule has 2 rings (SSSR count). The van der Waals surface area contributed by atoms with Crippen LogP contribution in [0.15, 0.2) is 45.3 Å². The molecule has 2 nitrogen and oxygen atoms in total. The molecule has 0 bridgehead atoms. The van der Waals surface area contributed by atoms with Gasteiger partial charge in [0.1, 0.15) is 6.07 Å². The summed E-state index contributed by atoms with van der Waals surface area (Å²) < 4.78 is 39.3. The third kappa shape index (κ3) is 3.77. The number of hydrogen-bond acceptors (Lipinski definition) is 2. The highest BCUT2D eigenvalue weighted by molar-refractivity contribution is 9.10. The van der Waals surface area contributed by atoms with E-state index in [1.807, 2.05) is 6.07 Å². The Labute approximate surface area is 135 Å². The number of nitrogens with zero attached hydrogens (tertiary/aromatic N) is 1. The van der Waals surface area contributed by atoms with E-state index >= 15 is 0 Å². The van der Waals surface area contributed by atoms with Crippen molar-refractivity contribution >= 4 is 43.2 Å². The van der Waals surface area contributed by atoms with Gasteiger partial charge in [0.2, 0.25) is 0 Å². The largest absolute Gasteiger partial charge is 0.417 e. The number of hydrogen-bond donors (Lipinski definition) is 1. The molecule has 7 heteroatoms. The zero-order valence-electron chi connectivity index (χ0n) is 10.3. The van der Waals surface area contributed by atoms with Crippen LogP contribution in [0.4, 0.5) is 24.5 Å². The van der Waals surface area contributed by atoms with Gasteiger partial charge in [-0.05, 0) is 36.4 Å². The first kappa shape index (κ1) is 15.9. The SMILES string of the molecule is N#Cc1ccc(Br)cc1Nc1ccc(Br)c(C(F)(F)F)c1. The number of nitrogens with one attached hydrogen (secondary N) is 1. The molecule has 0 saturated carbocycles. The maximum atomic E-state index is 12.9. The summed E-state index contributed by atoms with van der Waals surface area (Å²) in [6, 6.07) is 10.7. The molecule has 0 aliphatic carbocycles. The summed E-state index contributed by atoms with van der Waals surface area (Å²) >= 11 is 6.14. The Balaban J connectivity index is 2.42. The molecule has 0 heterocycles. The number of nitriles is 1. The Kier molecular flexibility index (Phi) is 4.59. The van der Waals surface area contributed by atoms with Gasteiger partial charge in [0.15, 0.2) is 0 Å². The summed E-state index contributed by atoms with van der Waals surface area (Å²) in [6.45, 7) is 0. The van der Waals surface area contributed by atoms with Crippen molar-refractivity contribution in [1.82, 2.24) is 0 Å². The average Bonchev–Trinajstić information content (AvgIpc) is 2.40. The molecule has 0 radical (unpaired) electrons. The summed E-state index contributed by atoms with van der Waals surface area (Å²) in [5, 5.41) is 11.9. The Hall–Kier alpha value is -1.52. The Morgan fingerprint density at radius 2 is 1.76 bits per heavy atom. The number of rotatable bonds is 2. The van der Waals surface area contributed by atoms with Crippen LogP contribution >= 0.6 is 31.9 Å². The van der Waals surface area contributed by atoms with Gasteiger partial charge in [-0.15, -0.1) is 0 Å². The van der Waals surface area contributed by atoms with Crippen LogP contribution in [0.2, 0.25) is 0 Å². The van der Waals surface area contributed by atoms with Gasteiger partial charge in [-0.1, -0.05) is 31.9 Å². The number of anilines is 2. The fourth-order valence-electron chi connectivity index (χ4n) is 1.69. The lowest BCUT2D eigenvalue weighted by atomic mass is 10.1. The van der Waals surface area contributed by atoms with E-state index in [0.717, 1.165) is 10.5 Å². The van der Waals surface area contributed by atoms with Crippen LogP contribution in [0.1, 0.15) is 11.1 Å². The van der Waals surface area contributed by atoms with Crippen molar-refractivity contribution < 1.29 is 13.2 Å². The predicted octanol–water partition coefficient (Wildman–Crippen LogP) is 5.85. The number of alkyl halides is 3. The Morgan fingerprint density at radius 3 is 2.38 bits per heavy atom. The first-order valence-electron chi connectivity index (χ1n) is 5.64. The molecule has 21 heavy (non-hydrogen) atoms. The second-order valence-corrected chi connectivity index (χ2v) is 5.89. The first-order chi connectivity index (χ1) is 9.81. The monoisotopic (exact) mass is 418 g/mol. The van der Waals surface area contributed by atoms with E-state index < -0.39 is 11.7 Å². The molecular formula is C14H7Br2F3N2. The van der Waals surface area contributed by atoms with Crippen molar-refractivity contribution in [3.8, 4) is 6.07 Å². The van der Waals surface area contributed by atoms with Crippen molar-refractivity contribution in [2.75, 3.05) is 5.32 Å². The molecule has 0 aliphatic rings. The first-order valence-corrected chi connectivity index (χ1v) is 7.23. The Morgan fingerprint density at radius 1 is 1.05 bits per heavy atom. The van der Waals surface area contributed by atoms with E-state index in [4.69, 9.17) is 5.26 Å². The van der Waals surface area contributed by atoms with Crippen LogP contribution in [0, 0.1) is 11.3 Å². The van der Waals surface area contributed by atoms with Gasteiger partial charge in [0, 0.05) is 14.6 Å². The zero-order chi connectivity index (χ0) is 15.6. The van der Waals surface area contributed by atoms with Crippen molar-refractivity contribution in [3.63, 3.8) is 0 Å². The smallest absolute Gasteiger partial charge is 0.354 e. The minimum atomic E-state index is -4.45. The molecule has 1 N–H and O–H groups in total. The van der Waals surface area contributed by atoms with Crippen molar-refractivity contribution in [2.24, 2.45) is 0 Å². The van der Waals surface area contributed by atoms with Crippen molar-refractivity contribution in [1.29, 1.82) is 5.26 Å². The third-order valence-electron chi connectivity index (χ3n) is 2.65. The topological polar surface area (TPSA) is 35.8 Å². The molecule has 0 saturated heterocycles. The second-order valence-electron chi connectivity index (χ2n) is 4.12. The number of halogens is 5. The highest BCUT2D eigenvalue weighted by Gasteiger charge is 2.33. The Bertz CT molecular complexity index is 721. The summed E-state index contributed by atoms with van der Waals surface area (Å²) in [5.41, 5.74) is 0.248. The second kappa shape index (κ2) is 6.08. The molecule has 108 valence electrons. The van der Waals surface area contributed by atoms with Crippen molar-refractivity contribution in [2.45, 2.75) is 6.18 Å². The molecular weight excluding hydrogens is 413 g/mol. The lowest BCUT2D eigenvalue weighted by Gasteiger charge is -2.13. The van der Waals surface area contributed by atoms with Gasteiger partial charge in [0.05, 0.1) is 16.8 Å². The maximum Gasteiger partial charge on any atom is 0.417 e. The standard InChI is InChI=1S/C14H7Br2F3N2/c15-9-2-1-8(7-20)13(5-9)21-10-3-4-12(16)11(6-10)14(17,18)19/h1-6,21H. The minimum Gasteiger partial charge on any atom is -0.354 e. The highest BCUT2D eigenvalue weighted by Crippen LogP contribution is 2.37. The van der Waals surface area contributed by atoms with Crippen LogP contribution in [0.3, 0.4) is 0 Å². The molecule has 0 amide bonds. The van der Waals surface area contributed by atoms with Crippen LogP contribution in [0.25, 0.3) is 0 Å². The molecule has 0 aromatic heterocycles. The summed E-state index contributed by atoms with van der Waals surface area (Å²) in [4.78, 5) is 0.